The van der Waals surface area contributed by atoms with Gasteiger partial charge in [0.05, 0.1) is 6.04 Å². The average Bonchev–Trinajstić information content (AvgIpc) is 1.98. The van der Waals surface area contributed by atoms with Gasteiger partial charge in [0.1, 0.15) is 0 Å². The Balaban J connectivity index is 2.53. The molecule has 0 radical (unpaired) electrons. The Bertz CT molecular complexity index is 175. The number of carbonyl (C=O) groups excluding carboxylic acids is 1. The van der Waals surface area contributed by atoms with Gasteiger partial charge in [0.2, 0.25) is 6.08 Å². The van der Waals surface area contributed by atoms with E-state index in [1.54, 1.807) is 6.08 Å². The quantitative estimate of drug-likeness (QED) is 0.449. The van der Waals surface area contributed by atoms with Crippen molar-refractivity contribution in [3.05, 3.63) is 0 Å². The molecule has 0 bridgehead atoms. The van der Waals surface area contributed by atoms with Crippen molar-refractivity contribution < 1.29 is 4.79 Å². The number of rotatable bonds is 1. The van der Waals surface area contributed by atoms with Crippen LogP contribution in [0.1, 0.15) is 26.2 Å². The third-order valence-electron chi connectivity index (χ3n) is 2.41. The fourth-order valence-corrected chi connectivity index (χ4v) is 1.58. The first-order chi connectivity index (χ1) is 5.24. The van der Waals surface area contributed by atoms with Gasteiger partial charge < -0.3 is 5.73 Å². The van der Waals surface area contributed by atoms with Gasteiger partial charge in [0.15, 0.2) is 0 Å². The maximum absolute atomic E-state index is 9.99. The minimum atomic E-state index is 0.122. The molecular weight excluding hydrogens is 140 g/mol. The van der Waals surface area contributed by atoms with E-state index in [1.807, 2.05) is 0 Å². The first kappa shape index (κ1) is 8.44. The van der Waals surface area contributed by atoms with Crippen LogP contribution in [-0.2, 0) is 4.79 Å². The molecular formula is C8H14N2O. The lowest BCUT2D eigenvalue weighted by atomic mass is 9.84. The molecule has 0 heterocycles. The Morgan fingerprint density at radius 3 is 2.91 bits per heavy atom. The highest BCUT2D eigenvalue weighted by atomic mass is 16.1. The predicted molar refractivity (Wildman–Crippen MR) is 42.9 cm³/mol. The summed E-state index contributed by atoms with van der Waals surface area (Å²) in [5, 5.41) is 0. The highest BCUT2D eigenvalue weighted by Gasteiger charge is 2.24. The average molecular weight is 154 g/mol. The Hall–Kier alpha value is -0.660. The van der Waals surface area contributed by atoms with Crippen molar-refractivity contribution in [2.75, 3.05) is 0 Å². The highest BCUT2D eigenvalue weighted by molar-refractivity contribution is 5.33. The second-order valence-electron chi connectivity index (χ2n) is 3.34. The minimum absolute atomic E-state index is 0.122. The van der Waals surface area contributed by atoms with E-state index in [0.717, 1.165) is 19.3 Å². The SMILES string of the molecule is CC1CCC(N)CC1N=C=O. The lowest BCUT2D eigenvalue weighted by Gasteiger charge is -2.28. The molecule has 0 aromatic rings. The van der Waals surface area contributed by atoms with Gasteiger partial charge in [-0.3, -0.25) is 0 Å². The molecule has 3 heteroatoms. The summed E-state index contributed by atoms with van der Waals surface area (Å²) in [6.07, 6.45) is 4.59. The molecule has 3 atom stereocenters. The summed E-state index contributed by atoms with van der Waals surface area (Å²) in [4.78, 5) is 13.7. The van der Waals surface area contributed by atoms with E-state index < -0.39 is 0 Å². The molecule has 0 aromatic heterocycles. The van der Waals surface area contributed by atoms with Crippen LogP contribution in [0.4, 0.5) is 0 Å². The summed E-state index contributed by atoms with van der Waals surface area (Å²) in [6, 6.07) is 0.351. The molecule has 0 aliphatic heterocycles. The molecule has 0 spiro atoms. The Kier molecular flexibility index (Phi) is 2.80. The molecule has 62 valence electrons. The molecule has 0 amide bonds. The molecule has 11 heavy (non-hydrogen) atoms. The van der Waals surface area contributed by atoms with Gasteiger partial charge in [-0.2, -0.15) is 0 Å². The molecule has 2 N–H and O–H groups in total. The maximum Gasteiger partial charge on any atom is 0.235 e. The number of hydrogen-bond donors (Lipinski definition) is 1. The maximum atomic E-state index is 9.99. The van der Waals surface area contributed by atoms with Gasteiger partial charge in [0.25, 0.3) is 0 Å². The van der Waals surface area contributed by atoms with E-state index >= 15 is 0 Å². The van der Waals surface area contributed by atoms with Gasteiger partial charge in [-0.25, -0.2) is 9.79 Å². The lowest BCUT2D eigenvalue weighted by molar-refractivity contribution is 0.302. The van der Waals surface area contributed by atoms with Crippen LogP contribution in [0.3, 0.4) is 0 Å². The third-order valence-corrected chi connectivity index (χ3v) is 2.41. The van der Waals surface area contributed by atoms with Crippen LogP contribution in [0.15, 0.2) is 4.99 Å². The van der Waals surface area contributed by atoms with Crippen molar-refractivity contribution in [1.29, 1.82) is 0 Å². The van der Waals surface area contributed by atoms with Crippen LogP contribution in [0.25, 0.3) is 0 Å². The first-order valence-corrected chi connectivity index (χ1v) is 4.06. The summed E-state index contributed by atoms with van der Waals surface area (Å²) in [6.45, 7) is 2.11. The molecule has 1 aliphatic carbocycles. The molecule has 0 aromatic carbocycles. The number of hydrogen-bond acceptors (Lipinski definition) is 3. The van der Waals surface area contributed by atoms with Gasteiger partial charge in [0, 0.05) is 6.04 Å². The fourth-order valence-electron chi connectivity index (χ4n) is 1.58. The van der Waals surface area contributed by atoms with E-state index in [-0.39, 0.29) is 12.1 Å². The van der Waals surface area contributed by atoms with E-state index in [1.165, 1.54) is 0 Å². The zero-order valence-electron chi connectivity index (χ0n) is 6.79. The monoisotopic (exact) mass is 154 g/mol. The van der Waals surface area contributed by atoms with Crippen LogP contribution >= 0.6 is 0 Å². The van der Waals surface area contributed by atoms with Crippen LogP contribution in [0.5, 0.6) is 0 Å². The normalized spacial score (nSPS) is 37.8. The minimum Gasteiger partial charge on any atom is -0.328 e. The van der Waals surface area contributed by atoms with Gasteiger partial charge in [-0.05, 0) is 25.2 Å². The van der Waals surface area contributed by atoms with E-state index in [9.17, 15) is 4.79 Å². The lowest BCUT2D eigenvalue weighted by Crippen LogP contribution is -2.34. The van der Waals surface area contributed by atoms with Crippen LogP contribution < -0.4 is 5.73 Å². The van der Waals surface area contributed by atoms with Crippen molar-refractivity contribution in [1.82, 2.24) is 0 Å². The Morgan fingerprint density at radius 2 is 2.27 bits per heavy atom. The van der Waals surface area contributed by atoms with Crippen LogP contribution in [-0.4, -0.2) is 18.2 Å². The standard InChI is InChI=1S/C8H14N2O/c1-6-2-3-7(9)4-8(6)10-5-11/h6-8H,2-4,9H2,1H3. The number of nitrogens with zero attached hydrogens (tertiary/aromatic N) is 1. The van der Waals surface area contributed by atoms with Crippen molar-refractivity contribution in [3.63, 3.8) is 0 Å². The van der Waals surface area contributed by atoms with E-state index in [2.05, 4.69) is 11.9 Å². The molecule has 1 aliphatic rings. The third kappa shape index (κ3) is 2.14. The van der Waals surface area contributed by atoms with Crippen molar-refractivity contribution in [3.8, 4) is 0 Å². The molecule has 1 fully saturated rings. The largest absolute Gasteiger partial charge is 0.328 e. The fraction of sp³-hybridized carbons (Fsp3) is 0.875. The highest BCUT2D eigenvalue weighted by Crippen LogP contribution is 2.25. The summed E-state index contributed by atoms with van der Waals surface area (Å²) < 4.78 is 0. The summed E-state index contributed by atoms with van der Waals surface area (Å²) in [7, 11) is 0. The topological polar surface area (TPSA) is 55.4 Å². The number of isocyanates is 1. The Morgan fingerprint density at radius 1 is 1.55 bits per heavy atom. The number of nitrogens with two attached hydrogens (primary N) is 1. The number of aliphatic imine (C=N–C) groups is 1. The smallest absolute Gasteiger partial charge is 0.235 e. The summed E-state index contributed by atoms with van der Waals surface area (Å²) >= 11 is 0. The van der Waals surface area contributed by atoms with Gasteiger partial charge >= 0.3 is 0 Å². The van der Waals surface area contributed by atoms with Gasteiger partial charge in [-0.1, -0.05) is 6.92 Å². The van der Waals surface area contributed by atoms with Crippen LogP contribution in [0.2, 0.25) is 0 Å². The Labute approximate surface area is 66.7 Å². The van der Waals surface area contributed by atoms with Crippen molar-refractivity contribution >= 4 is 6.08 Å². The molecule has 0 saturated heterocycles. The zero-order valence-corrected chi connectivity index (χ0v) is 6.79. The predicted octanol–water partition coefficient (Wildman–Crippen LogP) is 0.838. The molecule has 1 rings (SSSR count). The van der Waals surface area contributed by atoms with Crippen molar-refractivity contribution in [2.45, 2.75) is 38.3 Å². The molecule has 1 saturated carbocycles. The zero-order chi connectivity index (χ0) is 8.27. The summed E-state index contributed by atoms with van der Waals surface area (Å²) in [5.74, 6) is 0.497. The van der Waals surface area contributed by atoms with Gasteiger partial charge in [-0.15, -0.1) is 0 Å². The second kappa shape index (κ2) is 3.65. The van der Waals surface area contributed by atoms with Crippen molar-refractivity contribution in [2.24, 2.45) is 16.6 Å². The second-order valence-corrected chi connectivity index (χ2v) is 3.34. The summed E-state index contributed by atoms with van der Waals surface area (Å²) in [5.41, 5.74) is 5.73. The molecule has 3 nitrogen and oxygen atoms in total. The first-order valence-electron chi connectivity index (χ1n) is 4.06. The van der Waals surface area contributed by atoms with Crippen LogP contribution in [0, 0.1) is 5.92 Å². The van der Waals surface area contributed by atoms with E-state index in [4.69, 9.17) is 5.73 Å². The van der Waals surface area contributed by atoms with E-state index in [0.29, 0.717) is 5.92 Å². The molecule has 3 unspecified atom stereocenters.